The molecule has 1 aliphatic heterocycles. The van der Waals surface area contributed by atoms with Crippen molar-refractivity contribution in [2.24, 2.45) is 0 Å². The van der Waals surface area contributed by atoms with E-state index in [1.54, 1.807) is 0 Å². The van der Waals surface area contributed by atoms with Crippen molar-refractivity contribution in [1.82, 2.24) is 4.98 Å². The number of benzene rings is 1. The molecule has 2 atom stereocenters. The number of nitriles is 1. The first-order valence-electron chi connectivity index (χ1n) is 8.57. The summed E-state index contributed by atoms with van der Waals surface area (Å²) in [6, 6.07) is 12.7. The van der Waals surface area contributed by atoms with Crippen LogP contribution >= 0.6 is 0 Å². The first-order valence-corrected chi connectivity index (χ1v) is 8.57. The Balaban J connectivity index is 1.56. The fraction of sp³-hybridized carbons (Fsp3) is 0.474. The second-order valence-corrected chi connectivity index (χ2v) is 6.58. The van der Waals surface area contributed by atoms with Gasteiger partial charge in [-0.15, -0.1) is 0 Å². The number of oxazole rings is 1. The van der Waals surface area contributed by atoms with Gasteiger partial charge < -0.3 is 9.32 Å². The van der Waals surface area contributed by atoms with Crippen LogP contribution in [0.2, 0.25) is 0 Å². The summed E-state index contributed by atoms with van der Waals surface area (Å²) in [6.45, 7) is 1.94. The summed E-state index contributed by atoms with van der Waals surface area (Å²) in [7, 11) is 0. The summed E-state index contributed by atoms with van der Waals surface area (Å²) in [5, 5.41) is 9.42. The van der Waals surface area contributed by atoms with Gasteiger partial charge in [0.1, 0.15) is 6.07 Å². The van der Waals surface area contributed by atoms with Crippen molar-refractivity contribution in [2.75, 3.05) is 18.0 Å². The normalized spacial score (nSPS) is 24.0. The molecule has 0 spiro atoms. The van der Waals surface area contributed by atoms with Crippen molar-refractivity contribution in [2.45, 2.75) is 43.9 Å². The van der Waals surface area contributed by atoms with Crippen molar-refractivity contribution < 1.29 is 4.42 Å². The second kappa shape index (κ2) is 6.08. The topological polar surface area (TPSA) is 53.1 Å². The van der Waals surface area contributed by atoms with Crippen LogP contribution in [-0.2, 0) is 0 Å². The molecule has 23 heavy (non-hydrogen) atoms. The van der Waals surface area contributed by atoms with Crippen LogP contribution in [0.25, 0.3) is 0 Å². The third-order valence-corrected chi connectivity index (χ3v) is 4.96. The van der Waals surface area contributed by atoms with E-state index in [0.717, 1.165) is 38.2 Å². The van der Waals surface area contributed by atoms with E-state index in [1.807, 2.05) is 6.07 Å². The first-order chi connectivity index (χ1) is 11.4. The van der Waals surface area contributed by atoms with Crippen molar-refractivity contribution in [3.05, 3.63) is 47.5 Å². The summed E-state index contributed by atoms with van der Waals surface area (Å²) in [6.07, 6.45) is 5.92. The van der Waals surface area contributed by atoms with Gasteiger partial charge in [-0.05, 0) is 30.7 Å². The Morgan fingerprint density at radius 2 is 1.78 bits per heavy atom. The molecule has 1 saturated heterocycles. The molecule has 2 fully saturated rings. The lowest BCUT2D eigenvalue weighted by Crippen LogP contribution is -2.24. The van der Waals surface area contributed by atoms with Gasteiger partial charge in [-0.3, -0.25) is 0 Å². The molecule has 0 unspecified atom stereocenters. The van der Waals surface area contributed by atoms with Crippen LogP contribution < -0.4 is 4.90 Å². The molecule has 0 bridgehead atoms. The Hall–Kier alpha value is -2.28. The van der Waals surface area contributed by atoms with Gasteiger partial charge in [-0.25, -0.2) is 4.98 Å². The maximum absolute atomic E-state index is 9.42. The molecule has 0 N–H and O–H groups in total. The van der Waals surface area contributed by atoms with Gasteiger partial charge in [0.15, 0.2) is 0 Å². The van der Waals surface area contributed by atoms with Crippen molar-refractivity contribution in [1.29, 1.82) is 5.26 Å². The summed E-state index contributed by atoms with van der Waals surface area (Å²) in [5.41, 5.74) is 1.80. The highest BCUT2D eigenvalue weighted by atomic mass is 16.4. The molecule has 2 aliphatic rings. The molecular weight excluding hydrogens is 286 g/mol. The molecule has 4 nitrogen and oxygen atoms in total. The number of nitrogens with zero attached hydrogens (tertiary/aromatic N) is 3. The van der Waals surface area contributed by atoms with Crippen LogP contribution in [0, 0.1) is 11.3 Å². The SMILES string of the molecule is N#Cc1nc([C@H]2C[C@H]2c2ccccc2)oc1N1CCCCCC1. The van der Waals surface area contributed by atoms with Crippen LogP contribution in [0.4, 0.5) is 5.88 Å². The molecule has 2 aromatic rings. The van der Waals surface area contributed by atoms with E-state index in [9.17, 15) is 5.26 Å². The van der Waals surface area contributed by atoms with E-state index >= 15 is 0 Å². The maximum atomic E-state index is 9.42. The number of rotatable bonds is 3. The van der Waals surface area contributed by atoms with Crippen LogP contribution in [0.3, 0.4) is 0 Å². The largest absolute Gasteiger partial charge is 0.423 e. The molecule has 1 aromatic carbocycles. The Morgan fingerprint density at radius 1 is 1.04 bits per heavy atom. The van der Waals surface area contributed by atoms with Crippen LogP contribution in [0.5, 0.6) is 0 Å². The predicted octanol–water partition coefficient (Wildman–Crippen LogP) is 4.20. The molecule has 1 aliphatic carbocycles. The molecule has 0 radical (unpaired) electrons. The van der Waals surface area contributed by atoms with Gasteiger partial charge in [0.05, 0.1) is 0 Å². The zero-order valence-corrected chi connectivity index (χ0v) is 13.2. The van der Waals surface area contributed by atoms with Gasteiger partial charge in [-0.1, -0.05) is 43.2 Å². The lowest BCUT2D eigenvalue weighted by atomic mass is 10.1. The van der Waals surface area contributed by atoms with Crippen molar-refractivity contribution in [3.8, 4) is 6.07 Å². The average molecular weight is 307 g/mol. The molecule has 2 heterocycles. The minimum Gasteiger partial charge on any atom is -0.423 e. The third-order valence-electron chi connectivity index (χ3n) is 4.96. The Morgan fingerprint density at radius 3 is 2.48 bits per heavy atom. The minimum absolute atomic E-state index is 0.324. The van der Waals surface area contributed by atoms with E-state index in [1.165, 1.54) is 18.4 Å². The highest BCUT2D eigenvalue weighted by Crippen LogP contribution is 2.54. The highest BCUT2D eigenvalue weighted by Gasteiger charge is 2.44. The fourth-order valence-corrected chi connectivity index (χ4v) is 3.58. The third kappa shape index (κ3) is 2.84. The smallest absolute Gasteiger partial charge is 0.234 e. The van der Waals surface area contributed by atoms with Crippen LogP contribution in [0.1, 0.15) is 61.1 Å². The summed E-state index contributed by atoms with van der Waals surface area (Å²) < 4.78 is 6.07. The van der Waals surface area contributed by atoms with Gasteiger partial charge >= 0.3 is 0 Å². The molecular formula is C19H21N3O. The van der Waals surface area contributed by atoms with Gasteiger partial charge in [-0.2, -0.15) is 5.26 Å². The molecule has 4 heteroatoms. The molecule has 1 saturated carbocycles. The number of hydrogen-bond acceptors (Lipinski definition) is 4. The molecule has 118 valence electrons. The first kappa shape index (κ1) is 14.3. The van der Waals surface area contributed by atoms with E-state index in [2.05, 4.69) is 40.2 Å². The van der Waals surface area contributed by atoms with Crippen LogP contribution in [0.15, 0.2) is 34.7 Å². The predicted molar refractivity (Wildman–Crippen MR) is 88.4 cm³/mol. The van der Waals surface area contributed by atoms with E-state index in [-0.39, 0.29) is 0 Å². The number of hydrogen-bond donors (Lipinski definition) is 0. The van der Waals surface area contributed by atoms with Crippen molar-refractivity contribution >= 4 is 5.88 Å². The maximum Gasteiger partial charge on any atom is 0.234 e. The standard InChI is InChI=1S/C19H21N3O/c20-13-17-19(22-10-6-1-2-7-11-22)23-18(21-17)16-12-15(16)14-8-4-3-5-9-14/h3-5,8-9,15-16H,1-2,6-7,10-12H2/t15-,16-/m0/s1. The molecule has 0 amide bonds. The lowest BCUT2D eigenvalue weighted by Gasteiger charge is -2.18. The number of aromatic nitrogens is 1. The zero-order chi connectivity index (χ0) is 15.6. The van der Waals surface area contributed by atoms with Crippen molar-refractivity contribution in [3.63, 3.8) is 0 Å². The Kier molecular flexibility index (Phi) is 3.78. The average Bonchev–Trinajstić information content (AvgIpc) is 3.35. The summed E-state index contributed by atoms with van der Waals surface area (Å²) in [5.74, 6) is 2.25. The summed E-state index contributed by atoms with van der Waals surface area (Å²) >= 11 is 0. The lowest BCUT2D eigenvalue weighted by molar-refractivity contribution is 0.484. The minimum atomic E-state index is 0.324. The molecule has 1 aromatic heterocycles. The second-order valence-electron chi connectivity index (χ2n) is 6.58. The monoisotopic (exact) mass is 307 g/mol. The van der Waals surface area contributed by atoms with Gasteiger partial charge in [0, 0.05) is 19.0 Å². The van der Waals surface area contributed by atoms with Gasteiger partial charge in [0.2, 0.25) is 17.5 Å². The molecule has 4 rings (SSSR count). The Bertz CT molecular complexity index is 708. The zero-order valence-electron chi connectivity index (χ0n) is 13.2. The van der Waals surface area contributed by atoms with Gasteiger partial charge in [0.25, 0.3) is 0 Å². The van der Waals surface area contributed by atoms with Crippen LogP contribution in [-0.4, -0.2) is 18.1 Å². The van der Waals surface area contributed by atoms with E-state index < -0.39 is 0 Å². The highest BCUT2D eigenvalue weighted by molar-refractivity contribution is 5.49. The fourth-order valence-electron chi connectivity index (χ4n) is 3.58. The van der Waals surface area contributed by atoms with E-state index in [0.29, 0.717) is 23.4 Å². The number of anilines is 1. The quantitative estimate of drug-likeness (QED) is 0.853. The Labute approximate surface area is 136 Å². The van der Waals surface area contributed by atoms with E-state index in [4.69, 9.17) is 4.42 Å². The summed E-state index contributed by atoms with van der Waals surface area (Å²) in [4.78, 5) is 6.71.